The lowest BCUT2D eigenvalue weighted by Gasteiger charge is -2.32. The van der Waals surface area contributed by atoms with Crippen LogP contribution in [0.2, 0.25) is 0 Å². The maximum atomic E-state index is 7.00. The molecule has 1 heterocycles. The molecule has 0 N–H and O–H groups in total. The molecule has 0 unspecified atom stereocenters. The Hall–Kier alpha value is -3.45. The standard InChI is InChI=1S/C36H44B22O/c37-13-7(19(43)20(44)10-9(13)21(45)29(53)30(54)22(10)46)1-3-5(17(41)27(51)25(49)15(3)39)2(6-4(1)16(40)26(50)28(52)18(6)42)8-14(38)11-12-24(48)31(55)32(56)34(58)36(12)59-35(11)33(57)23(8)47/h37-58H2. The Labute approximate surface area is 371 Å². The largest absolute Gasteiger partial charge is 0.457 e. The number of hydrogen-bond acceptors (Lipinski definition) is 1. The molecule has 1 aromatic heterocycles. The minimum Gasteiger partial charge on any atom is -0.457 e. The third-order valence-electron chi connectivity index (χ3n) is 17.0. The molecule has 0 bridgehead atoms. The first kappa shape index (κ1) is 42.2. The van der Waals surface area contributed by atoms with Crippen molar-refractivity contribution in [2.24, 2.45) is 0 Å². The van der Waals surface area contributed by atoms with Crippen LogP contribution < -0.4 is 120 Å². The Kier molecular flexibility index (Phi) is 10.1. The summed E-state index contributed by atoms with van der Waals surface area (Å²) in [7, 11) is 51.7. The van der Waals surface area contributed by atoms with E-state index in [1.165, 1.54) is 186 Å². The highest BCUT2D eigenvalue weighted by Gasteiger charge is 2.30. The molecule has 8 aromatic rings. The van der Waals surface area contributed by atoms with Gasteiger partial charge in [-0.1, -0.05) is 81.9 Å². The average Bonchev–Trinajstić information content (AvgIpc) is 3.62. The molecule has 0 fully saturated rings. The van der Waals surface area contributed by atoms with E-state index < -0.39 is 0 Å². The molecule has 1 nitrogen and oxygen atoms in total. The quantitative estimate of drug-likeness (QED) is 0.128. The van der Waals surface area contributed by atoms with Crippen LogP contribution in [0.25, 0.3) is 76.5 Å². The van der Waals surface area contributed by atoms with Gasteiger partial charge >= 0.3 is 0 Å². The summed E-state index contributed by atoms with van der Waals surface area (Å²) in [6, 6.07) is 0. The van der Waals surface area contributed by atoms with Gasteiger partial charge in [0, 0.05) is 10.8 Å². The van der Waals surface area contributed by atoms with Crippen molar-refractivity contribution < 1.29 is 4.42 Å². The normalized spacial score (nSPS) is 11.9. The summed E-state index contributed by atoms with van der Waals surface area (Å²) in [5.41, 5.74) is 37.8. The molecule has 0 saturated heterocycles. The number of hydrogen-bond donors (Lipinski definition) is 0. The first-order chi connectivity index (χ1) is 27.5. The lowest BCUT2D eigenvalue weighted by Crippen LogP contribution is -2.52. The summed E-state index contributed by atoms with van der Waals surface area (Å²) in [6.45, 7) is 0. The number of furan rings is 1. The highest BCUT2D eigenvalue weighted by atomic mass is 16.3. The molecule has 59 heavy (non-hydrogen) atoms. The Morgan fingerprint density at radius 2 is 0.356 bits per heavy atom. The molecule has 0 aliphatic rings. The van der Waals surface area contributed by atoms with Gasteiger partial charge in [0.15, 0.2) is 0 Å². The van der Waals surface area contributed by atoms with Crippen LogP contribution in [-0.4, -0.2) is 173 Å². The Bertz CT molecular complexity index is 3270. The zero-order valence-corrected chi connectivity index (χ0v) is 40.4. The Morgan fingerprint density at radius 3 is 0.712 bits per heavy atom. The van der Waals surface area contributed by atoms with Crippen molar-refractivity contribution in [3.05, 3.63) is 0 Å². The van der Waals surface area contributed by atoms with Gasteiger partial charge in [0.25, 0.3) is 0 Å². The van der Waals surface area contributed by atoms with E-state index in [2.05, 4.69) is 173 Å². The summed E-state index contributed by atoms with van der Waals surface area (Å²) in [5.74, 6) is 0. The van der Waals surface area contributed by atoms with Crippen molar-refractivity contribution >= 4 is 347 Å². The van der Waals surface area contributed by atoms with Crippen LogP contribution in [0.4, 0.5) is 0 Å². The third kappa shape index (κ3) is 5.30. The second-order valence-corrected chi connectivity index (χ2v) is 19.0. The maximum absolute atomic E-state index is 7.00. The summed E-state index contributed by atoms with van der Waals surface area (Å²) in [5, 5.41) is 11.1. The fraction of sp³-hybridized carbons (Fsp3) is 0. The molecule has 0 aliphatic heterocycles. The van der Waals surface area contributed by atoms with E-state index in [9.17, 15) is 0 Å². The minimum absolute atomic E-state index is 1.04. The van der Waals surface area contributed by atoms with Gasteiger partial charge in [-0.2, -0.15) is 0 Å². The molecule has 0 saturated carbocycles. The predicted molar refractivity (Wildman–Crippen MR) is 337 cm³/mol. The van der Waals surface area contributed by atoms with Crippen molar-refractivity contribution in [3.8, 4) is 22.3 Å². The zero-order chi connectivity index (χ0) is 43.5. The van der Waals surface area contributed by atoms with Gasteiger partial charge in [-0.25, -0.2) is 0 Å². The van der Waals surface area contributed by atoms with Crippen LogP contribution in [0.1, 0.15) is 0 Å². The minimum atomic E-state index is 1.04. The van der Waals surface area contributed by atoms with Gasteiger partial charge in [-0.3, -0.25) is 0 Å². The monoisotopic (exact) mass is 735 g/mol. The van der Waals surface area contributed by atoms with Gasteiger partial charge in [-0.15, -0.1) is 38.2 Å². The SMILES string of the molecule is Bc1c(B)c(B)c2c(oc3c(B)c(B)c(-c4c5c(B)c(B)c(B)c(B)c5c(-c5c(B)c(B)c6c(B)c(B)c(B)c(B)c6c5B)c5c(B)c(B)c(B)c(B)c45)c(B)c32)c1B. The molecular weight excluding hydrogens is 686 g/mol. The molecule has 0 aliphatic carbocycles. The van der Waals surface area contributed by atoms with Crippen molar-refractivity contribution in [3.63, 3.8) is 0 Å². The van der Waals surface area contributed by atoms with Crippen LogP contribution in [-0.2, 0) is 0 Å². The number of benzene rings is 7. The van der Waals surface area contributed by atoms with Crippen LogP contribution >= 0.6 is 0 Å². The summed E-state index contributed by atoms with van der Waals surface area (Å²) < 4.78 is 7.00. The first-order valence-electron chi connectivity index (χ1n) is 21.9. The number of rotatable bonds is 2. The van der Waals surface area contributed by atoms with Gasteiger partial charge in [0.05, 0.1) is 0 Å². The fourth-order valence-electron chi connectivity index (χ4n) is 11.8. The number of fused-ring (bicyclic) bond motifs is 6. The van der Waals surface area contributed by atoms with Gasteiger partial charge in [0.1, 0.15) is 184 Å². The van der Waals surface area contributed by atoms with Crippen LogP contribution in [0, 0.1) is 0 Å². The Balaban J connectivity index is 1.76. The van der Waals surface area contributed by atoms with E-state index in [0.717, 1.165) is 11.2 Å². The molecular formula is C36H44B22O. The van der Waals surface area contributed by atoms with E-state index in [1.807, 2.05) is 0 Å². The van der Waals surface area contributed by atoms with Crippen LogP contribution in [0.5, 0.6) is 0 Å². The molecule has 260 valence electrons. The smallest absolute Gasteiger partial charge is 0.143 e. The first-order valence-corrected chi connectivity index (χ1v) is 21.9. The molecule has 0 radical (unpaired) electrons. The van der Waals surface area contributed by atoms with Crippen molar-refractivity contribution in [2.75, 3.05) is 0 Å². The highest BCUT2D eigenvalue weighted by molar-refractivity contribution is 6.76. The predicted octanol–water partition coefficient (Wildman–Crippen LogP) is -27.9. The molecule has 23 heteroatoms. The van der Waals surface area contributed by atoms with Crippen molar-refractivity contribution in [1.29, 1.82) is 0 Å². The highest BCUT2D eigenvalue weighted by Crippen LogP contribution is 2.40. The van der Waals surface area contributed by atoms with E-state index in [-0.39, 0.29) is 0 Å². The maximum Gasteiger partial charge on any atom is 0.143 e. The van der Waals surface area contributed by atoms with Gasteiger partial charge in [-0.05, 0) is 54.6 Å². The van der Waals surface area contributed by atoms with Gasteiger partial charge in [0.2, 0.25) is 0 Å². The fourth-order valence-corrected chi connectivity index (χ4v) is 11.8. The van der Waals surface area contributed by atoms with Crippen LogP contribution in [0.3, 0.4) is 0 Å². The van der Waals surface area contributed by atoms with E-state index in [1.54, 1.807) is 0 Å². The van der Waals surface area contributed by atoms with Crippen LogP contribution in [0.15, 0.2) is 4.42 Å². The van der Waals surface area contributed by atoms with Gasteiger partial charge < -0.3 is 4.42 Å². The van der Waals surface area contributed by atoms with E-state index >= 15 is 0 Å². The summed E-state index contributed by atoms with van der Waals surface area (Å²) in [6.07, 6.45) is 0. The second-order valence-electron chi connectivity index (χ2n) is 19.0. The molecule has 0 atom stereocenters. The summed E-state index contributed by atoms with van der Waals surface area (Å²) in [4.78, 5) is 0. The van der Waals surface area contributed by atoms with E-state index in [0.29, 0.717) is 0 Å². The molecule has 8 rings (SSSR count). The lowest BCUT2D eigenvalue weighted by molar-refractivity contribution is 0.675. The molecule has 7 aromatic carbocycles. The van der Waals surface area contributed by atoms with Crippen molar-refractivity contribution in [1.82, 2.24) is 0 Å². The molecule has 0 spiro atoms. The summed E-state index contributed by atoms with van der Waals surface area (Å²) >= 11 is 0. The zero-order valence-electron chi connectivity index (χ0n) is 40.4. The Morgan fingerprint density at radius 1 is 0.153 bits per heavy atom. The molecule has 0 amide bonds. The topological polar surface area (TPSA) is 13.1 Å². The van der Waals surface area contributed by atoms with E-state index in [4.69, 9.17) is 4.42 Å². The average molecular weight is 731 g/mol. The second kappa shape index (κ2) is 14.0. The lowest BCUT2D eigenvalue weighted by atomic mass is 9.56. The third-order valence-corrected chi connectivity index (χ3v) is 17.0. The van der Waals surface area contributed by atoms with Crippen molar-refractivity contribution in [2.45, 2.75) is 0 Å².